The first-order valence-corrected chi connectivity index (χ1v) is 9.79. The van der Waals surface area contributed by atoms with Crippen LogP contribution in [0.25, 0.3) is 0 Å². The molecule has 1 unspecified atom stereocenters. The molecule has 0 bridgehead atoms. The van der Waals surface area contributed by atoms with E-state index in [9.17, 15) is 9.59 Å². The van der Waals surface area contributed by atoms with Crippen molar-refractivity contribution in [1.29, 1.82) is 0 Å². The highest BCUT2D eigenvalue weighted by Gasteiger charge is 2.34. The van der Waals surface area contributed by atoms with Gasteiger partial charge in [0.1, 0.15) is 11.0 Å². The summed E-state index contributed by atoms with van der Waals surface area (Å²) in [5.41, 5.74) is 3.54. The predicted molar refractivity (Wildman–Crippen MR) is 113 cm³/mol. The zero-order valence-corrected chi connectivity index (χ0v) is 17.2. The van der Waals surface area contributed by atoms with Gasteiger partial charge in [-0.2, -0.15) is 0 Å². The van der Waals surface area contributed by atoms with Crippen LogP contribution in [-0.4, -0.2) is 41.3 Å². The van der Waals surface area contributed by atoms with Crippen LogP contribution < -0.4 is 10.1 Å². The Kier molecular flexibility index (Phi) is 6.04. The second-order valence-corrected chi connectivity index (χ2v) is 7.84. The molecule has 0 spiro atoms. The highest BCUT2D eigenvalue weighted by molar-refractivity contribution is 8.15. The maximum absolute atomic E-state index is 12.8. The lowest BCUT2D eigenvalue weighted by Crippen LogP contribution is -2.43. The van der Waals surface area contributed by atoms with Crippen molar-refractivity contribution >= 4 is 40.1 Å². The first kappa shape index (κ1) is 19.9. The number of methoxy groups -OCH3 is 1. The Morgan fingerprint density at radius 2 is 2.04 bits per heavy atom. The molecule has 0 radical (unpaired) electrons. The van der Waals surface area contributed by atoms with Gasteiger partial charge in [-0.3, -0.25) is 14.5 Å². The molecular formula is C21H23N3O3S. The second kappa shape index (κ2) is 8.48. The minimum Gasteiger partial charge on any atom is -0.497 e. The van der Waals surface area contributed by atoms with Crippen LogP contribution in [0, 0.1) is 13.8 Å². The van der Waals surface area contributed by atoms with E-state index in [1.54, 1.807) is 20.2 Å². The van der Waals surface area contributed by atoms with Crippen LogP contribution in [0.3, 0.4) is 0 Å². The Balaban J connectivity index is 1.80. The number of aryl methyl sites for hydroxylation is 2. The fraction of sp³-hybridized carbons (Fsp3) is 0.286. The van der Waals surface area contributed by atoms with E-state index in [2.05, 4.69) is 10.3 Å². The normalized spacial score (nSPS) is 18.3. The molecule has 2 amide bonds. The van der Waals surface area contributed by atoms with Gasteiger partial charge in [0.05, 0.1) is 12.8 Å². The highest BCUT2D eigenvalue weighted by atomic mass is 32.2. The molecule has 7 heteroatoms. The molecule has 28 heavy (non-hydrogen) atoms. The number of carbonyl (C=O) groups is 2. The van der Waals surface area contributed by atoms with Gasteiger partial charge in [-0.05, 0) is 37.6 Å². The van der Waals surface area contributed by atoms with Gasteiger partial charge >= 0.3 is 0 Å². The van der Waals surface area contributed by atoms with Gasteiger partial charge in [-0.25, -0.2) is 4.99 Å². The largest absolute Gasteiger partial charge is 0.497 e. The van der Waals surface area contributed by atoms with Crippen molar-refractivity contribution in [3.05, 3.63) is 53.6 Å². The summed E-state index contributed by atoms with van der Waals surface area (Å²) in [6.45, 7) is 3.96. The van der Waals surface area contributed by atoms with E-state index < -0.39 is 5.25 Å². The number of ether oxygens (including phenoxy) is 1. The molecule has 1 atom stereocenters. The van der Waals surface area contributed by atoms with E-state index in [-0.39, 0.29) is 18.2 Å². The molecule has 1 fully saturated rings. The highest BCUT2D eigenvalue weighted by Crippen LogP contribution is 2.30. The number of anilines is 1. The van der Waals surface area contributed by atoms with Gasteiger partial charge in [0.25, 0.3) is 0 Å². The molecule has 1 aliphatic rings. The molecule has 1 heterocycles. The Morgan fingerprint density at radius 1 is 1.25 bits per heavy atom. The van der Waals surface area contributed by atoms with Crippen LogP contribution in [0.5, 0.6) is 5.75 Å². The van der Waals surface area contributed by atoms with Gasteiger partial charge in [0.15, 0.2) is 5.17 Å². The zero-order valence-electron chi connectivity index (χ0n) is 16.4. The van der Waals surface area contributed by atoms with E-state index in [1.165, 1.54) is 16.7 Å². The molecule has 2 aromatic carbocycles. The third-order valence-corrected chi connectivity index (χ3v) is 5.72. The van der Waals surface area contributed by atoms with Crippen LogP contribution in [0.2, 0.25) is 0 Å². The number of amidine groups is 1. The fourth-order valence-electron chi connectivity index (χ4n) is 2.86. The van der Waals surface area contributed by atoms with Gasteiger partial charge in [-0.1, -0.05) is 35.5 Å². The number of thioether (sulfide) groups is 1. The summed E-state index contributed by atoms with van der Waals surface area (Å²) in [6, 6.07) is 13.1. The molecule has 1 N–H and O–H groups in total. The lowest BCUT2D eigenvalue weighted by Gasteiger charge is -2.29. The summed E-state index contributed by atoms with van der Waals surface area (Å²) in [7, 11) is 3.26. The lowest BCUT2D eigenvalue weighted by molar-refractivity contribution is -0.128. The third-order valence-electron chi connectivity index (χ3n) is 4.48. The van der Waals surface area contributed by atoms with Gasteiger partial charge in [0.2, 0.25) is 11.8 Å². The number of benzene rings is 2. The van der Waals surface area contributed by atoms with Crippen molar-refractivity contribution in [2.45, 2.75) is 25.5 Å². The molecular weight excluding hydrogens is 374 g/mol. The summed E-state index contributed by atoms with van der Waals surface area (Å²) < 4.78 is 5.22. The van der Waals surface area contributed by atoms with Crippen molar-refractivity contribution in [2.24, 2.45) is 4.99 Å². The fourth-order valence-corrected chi connectivity index (χ4v) is 3.92. The van der Waals surface area contributed by atoms with E-state index >= 15 is 0 Å². The number of aliphatic imine (C=N–C) groups is 1. The van der Waals surface area contributed by atoms with Crippen molar-refractivity contribution in [3.8, 4) is 5.75 Å². The Labute approximate surface area is 169 Å². The first-order chi connectivity index (χ1) is 13.4. The topological polar surface area (TPSA) is 71.0 Å². The van der Waals surface area contributed by atoms with Crippen molar-refractivity contribution < 1.29 is 14.3 Å². The summed E-state index contributed by atoms with van der Waals surface area (Å²) >= 11 is 1.29. The zero-order chi connectivity index (χ0) is 20.3. The van der Waals surface area contributed by atoms with Crippen LogP contribution in [0.1, 0.15) is 17.5 Å². The first-order valence-electron chi connectivity index (χ1n) is 8.91. The molecule has 2 aromatic rings. The molecule has 146 valence electrons. The molecule has 6 nitrogen and oxygen atoms in total. The monoisotopic (exact) mass is 397 g/mol. The summed E-state index contributed by atoms with van der Waals surface area (Å²) in [5, 5.41) is 2.90. The number of rotatable bonds is 4. The maximum Gasteiger partial charge on any atom is 0.238 e. The molecule has 3 rings (SSSR count). The molecule has 1 saturated heterocycles. The number of carbonyl (C=O) groups excluding carboxylic acids is 2. The van der Waals surface area contributed by atoms with Crippen LogP contribution in [0.15, 0.2) is 47.5 Å². The summed E-state index contributed by atoms with van der Waals surface area (Å²) in [6.07, 6.45) is 0.134. The number of nitrogens with zero attached hydrogens (tertiary/aromatic N) is 2. The second-order valence-electron chi connectivity index (χ2n) is 6.67. The molecule has 0 saturated carbocycles. The van der Waals surface area contributed by atoms with Gasteiger partial charge in [-0.15, -0.1) is 0 Å². The van der Waals surface area contributed by atoms with E-state index in [0.29, 0.717) is 16.6 Å². The van der Waals surface area contributed by atoms with Crippen LogP contribution in [-0.2, 0) is 9.59 Å². The number of amides is 2. The standard InChI is InChI=1S/C21H23N3O3S/c1-13-8-9-17(14(2)10-13)23-20(26)18-12-19(25)24(3)21(28-18)22-15-6-5-7-16(11-15)27-4/h5-11,18H,12H2,1-4H3,(H,23,26). The minimum atomic E-state index is -0.534. The van der Waals surface area contributed by atoms with Crippen LogP contribution >= 0.6 is 11.8 Å². The average Bonchev–Trinajstić information content (AvgIpc) is 2.67. The number of nitrogens with one attached hydrogen (secondary N) is 1. The average molecular weight is 398 g/mol. The molecule has 1 aliphatic heterocycles. The van der Waals surface area contributed by atoms with Gasteiger partial charge in [0, 0.05) is 25.2 Å². The van der Waals surface area contributed by atoms with E-state index in [0.717, 1.165) is 16.8 Å². The smallest absolute Gasteiger partial charge is 0.238 e. The van der Waals surface area contributed by atoms with Crippen molar-refractivity contribution in [2.75, 3.05) is 19.5 Å². The lowest BCUT2D eigenvalue weighted by atomic mass is 10.1. The Bertz CT molecular complexity index is 942. The Morgan fingerprint density at radius 3 is 2.75 bits per heavy atom. The van der Waals surface area contributed by atoms with Crippen molar-refractivity contribution in [3.63, 3.8) is 0 Å². The van der Waals surface area contributed by atoms with E-state index in [1.807, 2.05) is 50.2 Å². The maximum atomic E-state index is 12.8. The summed E-state index contributed by atoms with van der Waals surface area (Å²) in [5.74, 6) is 0.346. The number of hydrogen-bond donors (Lipinski definition) is 1. The molecule has 0 aromatic heterocycles. The van der Waals surface area contributed by atoms with Crippen molar-refractivity contribution in [1.82, 2.24) is 4.90 Å². The molecule has 0 aliphatic carbocycles. The minimum absolute atomic E-state index is 0.134. The Hall–Kier alpha value is -2.80. The summed E-state index contributed by atoms with van der Waals surface area (Å²) in [4.78, 5) is 31.2. The number of hydrogen-bond acceptors (Lipinski definition) is 5. The quantitative estimate of drug-likeness (QED) is 0.849. The van der Waals surface area contributed by atoms with Crippen LogP contribution in [0.4, 0.5) is 11.4 Å². The third kappa shape index (κ3) is 4.54. The van der Waals surface area contributed by atoms with E-state index in [4.69, 9.17) is 4.74 Å². The predicted octanol–water partition coefficient (Wildman–Crippen LogP) is 3.90. The van der Waals surface area contributed by atoms with Gasteiger partial charge < -0.3 is 10.1 Å². The SMILES string of the molecule is COc1cccc(N=C2SC(C(=O)Nc3ccc(C)cc3C)CC(=O)N2C)c1.